The van der Waals surface area contributed by atoms with Crippen LogP contribution in [0.25, 0.3) is 0 Å². The molecule has 0 saturated heterocycles. The van der Waals surface area contributed by atoms with E-state index in [0.717, 1.165) is 11.1 Å². The molecule has 8 heteroatoms. The van der Waals surface area contributed by atoms with Crippen LogP contribution >= 0.6 is 0 Å². The van der Waals surface area contributed by atoms with Crippen LogP contribution in [0.3, 0.4) is 0 Å². The summed E-state index contributed by atoms with van der Waals surface area (Å²) in [6.45, 7) is 3.50. The maximum Gasteiger partial charge on any atom is 0.334 e. The Kier molecular flexibility index (Phi) is 5.20. The van der Waals surface area contributed by atoms with E-state index >= 15 is 0 Å². The van der Waals surface area contributed by atoms with Gasteiger partial charge in [0.1, 0.15) is 0 Å². The van der Waals surface area contributed by atoms with Crippen LogP contribution in [-0.2, 0) is 17.9 Å². The zero-order valence-electron chi connectivity index (χ0n) is 12.7. The lowest BCUT2D eigenvalue weighted by Crippen LogP contribution is -2.42. The van der Waals surface area contributed by atoms with Crippen LogP contribution in [-0.4, -0.2) is 16.8 Å². The van der Waals surface area contributed by atoms with Gasteiger partial charge in [0.15, 0.2) is 0 Å². The highest BCUT2D eigenvalue weighted by Crippen LogP contribution is 2.17. The molecule has 0 aliphatic carbocycles. The lowest BCUT2D eigenvalue weighted by molar-refractivity contribution is 0.518. The largest absolute Gasteiger partial charge is 0.334 e. The van der Waals surface area contributed by atoms with Crippen LogP contribution in [0.4, 0.5) is 0 Å². The first-order chi connectivity index (χ1) is 10.7. The second-order valence-corrected chi connectivity index (χ2v) is 10.2. The fourth-order valence-electron chi connectivity index (χ4n) is 1.87. The number of nitrogens with one attached hydrogen (secondary N) is 2. The molecule has 0 heterocycles. The molecule has 0 amide bonds. The Morgan fingerprint density at radius 3 is 2.00 bits per heavy atom. The lowest BCUT2D eigenvalue weighted by atomic mass is 10.1. The molecule has 0 aromatic heterocycles. The Bertz CT molecular complexity index is 861. The Balaban J connectivity index is 2.16. The second kappa shape index (κ2) is 6.79. The van der Waals surface area contributed by atoms with E-state index in [-0.39, 0.29) is 10.9 Å². The highest BCUT2D eigenvalue weighted by atomic mass is 33.2. The standard InChI is InChI=1S/C15H18N2O4S2/c1-12-8-10-15(11-9-12)22(18,19)23(20,21)17-16-13(2)14-6-4-3-5-7-14/h3-11,13,16-17H,1-2H3. The molecule has 2 N–H and O–H groups in total. The SMILES string of the molecule is Cc1ccc(S(=O)(=O)S(=O)(=O)NNC(C)c2ccccc2)cc1. The van der Waals surface area contributed by atoms with Gasteiger partial charge in [0.2, 0.25) is 0 Å². The first-order valence-corrected chi connectivity index (χ1v) is 10.4. The van der Waals surface area contributed by atoms with Crippen molar-refractivity contribution in [2.45, 2.75) is 24.8 Å². The van der Waals surface area contributed by atoms with Gasteiger partial charge >= 0.3 is 9.06 Å². The molecular weight excluding hydrogens is 336 g/mol. The Labute approximate surface area is 135 Å². The Morgan fingerprint density at radius 2 is 1.43 bits per heavy atom. The van der Waals surface area contributed by atoms with E-state index in [4.69, 9.17) is 0 Å². The van der Waals surface area contributed by atoms with Gasteiger partial charge in [0.05, 0.1) is 4.90 Å². The van der Waals surface area contributed by atoms with Crippen LogP contribution in [0.2, 0.25) is 0 Å². The van der Waals surface area contributed by atoms with E-state index < -0.39 is 17.9 Å². The maximum atomic E-state index is 12.2. The van der Waals surface area contributed by atoms with Crippen molar-refractivity contribution in [3.05, 3.63) is 65.7 Å². The predicted octanol–water partition coefficient (Wildman–Crippen LogP) is 1.87. The summed E-state index contributed by atoms with van der Waals surface area (Å²) in [6, 6.07) is 14.3. The third kappa shape index (κ3) is 3.97. The van der Waals surface area contributed by atoms with E-state index in [9.17, 15) is 16.8 Å². The summed E-state index contributed by atoms with van der Waals surface area (Å²) in [7, 11) is -9.15. The third-order valence-corrected chi connectivity index (χ3v) is 7.65. The predicted molar refractivity (Wildman–Crippen MR) is 88.4 cm³/mol. The molecule has 6 nitrogen and oxygen atoms in total. The smallest absolute Gasteiger partial charge is 0.236 e. The van der Waals surface area contributed by atoms with E-state index in [1.54, 1.807) is 38.1 Å². The normalized spacial score (nSPS) is 13.7. The first-order valence-electron chi connectivity index (χ1n) is 6.88. The molecular formula is C15H18N2O4S2. The van der Waals surface area contributed by atoms with Crippen molar-refractivity contribution < 1.29 is 16.8 Å². The van der Waals surface area contributed by atoms with E-state index in [0.29, 0.717) is 0 Å². The van der Waals surface area contributed by atoms with Crippen LogP contribution < -0.4 is 10.3 Å². The molecule has 124 valence electrons. The van der Waals surface area contributed by atoms with Crippen molar-refractivity contribution >= 4 is 17.9 Å². The summed E-state index contributed by atoms with van der Waals surface area (Å²) < 4.78 is 48.7. The van der Waals surface area contributed by atoms with Gasteiger partial charge in [-0.25, -0.2) is 13.8 Å². The fraction of sp³-hybridized carbons (Fsp3) is 0.200. The van der Waals surface area contributed by atoms with Crippen LogP contribution in [0.15, 0.2) is 59.5 Å². The number of rotatable bonds is 6. The molecule has 0 aliphatic rings. The van der Waals surface area contributed by atoms with Crippen molar-refractivity contribution in [1.82, 2.24) is 10.3 Å². The van der Waals surface area contributed by atoms with Crippen molar-refractivity contribution in [2.24, 2.45) is 0 Å². The Hall–Kier alpha value is -1.74. The van der Waals surface area contributed by atoms with Crippen molar-refractivity contribution in [1.29, 1.82) is 0 Å². The molecule has 0 fully saturated rings. The minimum Gasteiger partial charge on any atom is -0.236 e. The van der Waals surface area contributed by atoms with Gasteiger partial charge in [-0.2, -0.15) is 8.42 Å². The van der Waals surface area contributed by atoms with Gasteiger partial charge in [-0.1, -0.05) is 48.0 Å². The Morgan fingerprint density at radius 1 is 0.870 bits per heavy atom. The molecule has 1 unspecified atom stereocenters. The summed E-state index contributed by atoms with van der Waals surface area (Å²) in [5, 5.41) is 0. The molecule has 0 radical (unpaired) electrons. The van der Waals surface area contributed by atoms with Gasteiger partial charge in [-0.05, 0) is 31.5 Å². The lowest BCUT2D eigenvalue weighted by Gasteiger charge is -2.15. The summed E-state index contributed by atoms with van der Waals surface area (Å²) in [6.07, 6.45) is 0. The van der Waals surface area contributed by atoms with Gasteiger partial charge in [-0.15, -0.1) is 4.83 Å². The van der Waals surface area contributed by atoms with Gasteiger partial charge in [0, 0.05) is 6.04 Å². The number of hydrogen-bond acceptors (Lipinski definition) is 5. The highest BCUT2D eigenvalue weighted by molar-refractivity contribution is 8.66. The van der Waals surface area contributed by atoms with Crippen molar-refractivity contribution in [2.75, 3.05) is 0 Å². The van der Waals surface area contributed by atoms with Crippen LogP contribution in [0.1, 0.15) is 24.1 Å². The highest BCUT2D eigenvalue weighted by Gasteiger charge is 2.32. The van der Waals surface area contributed by atoms with Gasteiger partial charge < -0.3 is 0 Å². The molecule has 23 heavy (non-hydrogen) atoms. The molecule has 0 bridgehead atoms. The second-order valence-electron chi connectivity index (χ2n) is 5.10. The molecule has 0 aliphatic heterocycles. The average Bonchev–Trinajstić information content (AvgIpc) is 2.53. The summed E-state index contributed by atoms with van der Waals surface area (Å²) >= 11 is 0. The quantitative estimate of drug-likeness (QED) is 0.610. The minimum absolute atomic E-state index is 0.273. The van der Waals surface area contributed by atoms with Gasteiger partial charge in [-0.3, -0.25) is 0 Å². The van der Waals surface area contributed by atoms with E-state index in [2.05, 4.69) is 5.43 Å². The molecule has 0 saturated carbocycles. The number of hydrogen-bond donors (Lipinski definition) is 2. The van der Waals surface area contributed by atoms with E-state index in [1.165, 1.54) is 12.1 Å². The van der Waals surface area contributed by atoms with Crippen molar-refractivity contribution in [3.63, 3.8) is 0 Å². The van der Waals surface area contributed by atoms with E-state index in [1.807, 2.05) is 23.0 Å². The molecule has 1 atom stereocenters. The molecule has 2 aromatic carbocycles. The fourth-order valence-corrected chi connectivity index (χ4v) is 4.59. The van der Waals surface area contributed by atoms with Crippen molar-refractivity contribution in [3.8, 4) is 0 Å². The first kappa shape index (κ1) is 17.6. The average molecular weight is 354 g/mol. The molecule has 2 aromatic rings. The topological polar surface area (TPSA) is 92.3 Å². The number of benzene rings is 2. The van der Waals surface area contributed by atoms with Crippen LogP contribution in [0, 0.1) is 6.92 Å². The van der Waals surface area contributed by atoms with Gasteiger partial charge in [0.25, 0.3) is 8.87 Å². The number of aryl methyl sites for hydroxylation is 1. The zero-order chi connectivity index (χ0) is 17.1. The maximum absolute atomic E-state index is 12.2. The summed E-state index contributed by atoms with van der Waals surface area (Å²) in [4.78, 5) is 1.67. The summed E-state index contributed by atoms with van der Waals surface area (Å²) in [5.41, 5.74) is 4.17. The monoisotopic (exact) mass is 354 g/mol. The summed E-state index contributed by atoms with van der Waals surface area (Å²) in [5.74, 6) is 0. The zero-order valence-corrected chi connectivity index (χ0v) is 14.4. The third-order valence-electron chi connectivity index (χ3n) is 3.30. The number of hydrazine groups is 1. The molecule has 0 spiro atoms. The molecule has 2 rings (SSSR count). The van der Waals surface area contributed by atoms with Crippen LogP contribution in [0.5, 0.6) is 0 Å². The minimum atomic E-state index is -4.62.